The highest BCUT2D eigenvalue weighted by atomic mass is 19.1. The number of halogens is 3. The lowest BCUT2D eigenvalue weighted by Crippen LogP contribution is -2.38. The van der Waals surface area contributed by atoms with Gasteiger partial charge < -0.3 is 4.74 Å². The number of benzene rings is 2. The molecule has 2 nitrogen and oxygen atoms in total. The van der Waals surface area contributed by atoms with Crippen molar-refractivity contribution in [2.45, 2.75) is 25.7 Å². The average molecular weight is 322 g/mol. The smallest absolute Gasteiger partial charge is 0.316 e. The van der Waals surface area contributed by atoms with Crippen molar-refractivity contribution >= 4 is 5.97 Å². The SMILES string of the molecule is CCOC(=O)C(C)(Cc1ccccc1)c1c(F)cc(F)cc1F. The fraction of sp³-hybridized carbons (Fsp3) is 0.278. The summed E-state index contributed by atoms with van der Waals surface area (Å²) in [5, 5.41) is 0. The molecule has 0 saturated carbocycles. The van der Waals surface area contributed by atoms with E-state index in [9.17, 15) is 18.0 Å². The predicted octanol–water partition coefficient (Wildman–Crippen LogP) is 4.17. The van der Waals surface area contributed by atoms with Gasteiger partial charge in [-0.2, -0.15) is 0 Å². The summed E-state index contributed by atoms with van der Waals surface area (Å²) in [6.45, 7) is 3.09. The fourth-order valence-corrected chi connectivity index (χ4v) is 2.63. The van der Waals surface area contributed by atoms with Gasteiger partial charge in [0.05, 0.1) is 12.0 Å². The first-order valence-electron chi connectivity index (χ1n) is 7.24. The number of esters is 1. The Morgan fingerprint density at radius 1 is 1.09 bits per heavy atom. The highest BCUT2D eigenvalue weighted by molar-refractivity contribution is 5.83. The van der Waals surface area contributed by atoms with Crippen molar-refractivity contribution in [1.82, 2.24) is 0 Å². The molecular formula is C18H17F3O2. The number of hydrogen-bond donors (Lipinski definition) is 0. The summed E-state index contributed by atoms with van der Waals surface area (Å²) in [6, 6.07) is 9.95. The Balaban J connectivity index is 2.56. The summed E-state index contributed by atoms with van der Waals surface area (Å²) in [6.07, 6.45) is 0.0339. The van der Waals surface area contributed by atoms with Crippen LogP contribution in [0.4, 0.5) is 13.2 Å². The molecule has 0 bridgehead atoms. The molecule has 0 aromatic heterocycles. The van der Waals surface area contributed by atoms with Crippen LogP contribution in [0.2, 0.25) is 0 Å². The Morgan fingerprint density at radius 2 is 1.65 bits per heavy atom. The van der Waals surface area contributed by atoms with Gasteiger partial charge in [-0.3, -0.25) is 4.79 Å². The van der Waals surface area contributed by atoms with Gasteiger partial charge >= 0.3 is 5.97 Å². The zero-order valence-corrected chi connectivity index (χ0v) is 12.9. The van der Waals surface area contributed by atoms with E-state index >= 15 is 0 Å². The summed E-state index contributed by atoms with van der Waals surface area (Å²) >= 11 is 0. The molecule has 0 spiro atoms. The van der Waals surface area contributed by atoms with E-state index in [-0.39, 0.29) is 13.0 Å². The third kappa shape index (κ3) is 3.55. The van der Waals surface area contributed by atoms with Gasteiger partial charge in [-0.15, -0.1) is 0 Å². The van der Waals surface area contributed by atoms with Gasteiger partial charge in [-0.05, 0) is 25.8 Å². The molecule has 0 saturated heterocycles. The molecule has 0 aliphatic heterocycles. The van der Waals surface area contributed by atoms with Crippen LogP contribution in [0.1, 0.15) is 25.0 Å². The van der Waals surface area contributed by atoms with Gasteiger partial charge in [0, 0.05) is 17.7 Å². The topological polar surface area (TPSA) is 26.3 Å². The van der Waals surface area contributed by atoms with E-state index in [2.05, 4.69) is 0 Å². The molecule has 0 radical (unpaired) electrons. The molecule has 0 N–H and O–H groups in total. The standard InChI is InChI=1S/C18H17F3O2/c1-3-23-17(22)18(2,11-12-7-5-4-6-8-12)16-14(20)9-13(19)10-15(16)21/h4-10H,3,11H2,1-2H3. The van der Waals surface area contributed by atoms with E-state index in [1.807, 2.05) is 0 Å². The minimum Gasteiger partial charge on any atom is -0.465 e. The van der Waals surface area contributed by atoms with Crippen molar-refractivity contribution in [3.8, 4) is 0 Å². The fourth-order valence-electron chi connectivity index (χ4n) is 2.63. The van der Waals surface area contributed by atoms with E-state index in [4.69, 9.17) is 4.74 Å². The number of carbonyl (C=O) groups excluding carboxylic acids is 1. The molecule has 122 valence electrons. The Labute approximate surface area is 132 Å². The molecule has 2 rings (SSSR count). The molecule has 0 heterocycles. The van der Waals surface area contributed by atoms with Crippen LogP contribution in [0.5, 0.6) is 0 Å². The first kappa shape index (κ1) is 17.1. The summed E-state index contributed by atoms with van der Waals surface area (Å²) in [4.78, 5) is 12.4. The van der Waals surface area contributed by atoms with Crippen LogP contribution in [0.3, 0.4) is 0 Å². The first-order valence-corrected chi connectivity index (χ1v) is 7.24. The van der Waals surface area contributed by atoms with Crippen LogP contribution < -0.4 is 0 Å². The van der Waals surface area contributed by atoms with Crippen LogP contribution in [-0.4, -0.2) is 12.6 Å². The van der Waals surface area contributed by atoms with E-state index in [0.717, 1.165) is 0 Å². The highest BCUT2D eigenvalue weighted by Gasteiger charge is 2.41. The number of carbonyl (C=O) groups is 1. The normalized spacial score (nSPS) is 13.4. The maximum Gasteiger partial charge on any atom is 0.316 e. The maximum absolute atomic E-state index is 14.2. The number of hydrogen-bond acceptors (Lipinski definition) is 2. The molecule has 0 amide bonds. The zero-order valence-electron chi connectivity index (χ0n) is 12.9. The maximum atomic E-state index is 14.2. The molecular weight excluding hydrogens is 305 g/mol. The van der Waals surface area contributed by atoms with Crippen molar-refractivity contribution < 1.29 is 22.7 Å². The minimum absolute atomic E-state index is 0.0339. The minimum atomic E-state index is -1.60. The Hall–Kier alpha value is -2.30. The lowest BCUT2D eigenvalue weighted by Gasteiger charge is -2.28. The summed E-state index contributed by atoms with van der Waals surface area (Å²) in [5.41, 5.74) is -1.37. The molecule has 1 unspecified atom stereocenters. The lowest BCUT2D eigenvalue weighted by atomic mass is 9.76. The molecule has 1 atom stereocenters. The van der Waals surface area contributed by atoms with Crippen molar-refractivity contribution in [2.24, 2.45) is 0 Å². The van der Waals surface area contributed by atoms with E-state index < -0.39 is 34.4 Å². The molecule has 0 fully saturated rings. The number of rotatable bonds is 5. The highest BCUT2D eigenvalue weighted by Crippen LogP contribution is 2.34. The van der Waals surface area contributed by atoms with Crippen molar-refractivity contribution in [3.63, 3.8) is 0 Å². The van der Waals surface area contributed by atoms with E-state index in [1.54, 1.807) is 37.3 Å². The lowest BCUT2D eigenvalue weighted by molar-refractivity contribution is -0.149. The van der Waals surface area contributed by atoms with Crippen LogP contribution in [0.15, 0.2) is 42.5 Å². The first-order chi connectivity index (χ1) is 10.9. The number of ether oxygens (including phenoxy) is 1. The summed E-state index contributed by atoms with van der Waals surface area (Å²) in [7, 11) is 0. The average Bonchev–Trinajstić information content (AvgIpc) is 2.47. The van der Waals surface area contributed by atoms with Gasteiger partial charge in [0.15, 0.2) is 0 Å². The zero-order chi connectivity index (χ0) is 17.0. The van der Waals surface area contributed by atoms with Gasteiger partial charge in [-0.1, -0.05) is 30.3 Å². The largest absolute Gasteiger partial charge is 0.465 e. The Kier molecular flexibility index (Phi) is 5.08. The van der Waals surface area contributed by atoms with E-state index in [1.165, 1.54) is 6.92 Å². The monoisotopic (exact) mass is 322 g/mol. The van der Waals surface area contributed by atoms with Crippen LogP contribution in [-0.2, 0) is 21.4 Å². The van der Waals surface area contributed by atoms with Crippen molar-refractivity contribution in [3.05, 3.63) is 71.0 Å². The van der Waals surface area contributed by atoms with Gasteiger partial charge in [0.1, 0.15) is 17.5 Å². The second kappa shape index (κ2) is 6.86. The van der Waals surface area contributed by atoms with E-state index in [0.29, 0.717) is 17.7 Å². The molecule has 2 aromatic carbocycles. The molecule has 5 heteroatoms. The summed E-state index contributed by atoms with van der Waals surface area (Å²) in [5.74, 6) is -3.99. The van der Waals surface area contributed by atoms with Crippen LogP contribution in [0.25, 0.3) is 0 Å². The Morgan fingerprint density at radius 3 is 2.17 bits per heavy atom. The van der Waals surface area contributed by atoms with Crippen LogP contribution >= 0.6 is 0 Å². The molecule has 0 aliphatic carbocycles. The van der Waals surface area contributed by atoms with Crippen LogP contribution in [0, 0.1) is 17.5 Å². The van der Waals surface area contributed by atoms with Gasteiger partial charge in [-0.25, -0.2) is 13.2 Å². The molecule has 2 aromatic rings. The molecule has 0 aliphatic rings. The second-order valence-electron chi connectivity index (χ2n) is 5.46. The van der Waals surface area contributed by atoms with Crippen molar-refractivity contribution in [1.29, 1.82) is 0 Å². The summed E-state index contributed by atoms with van der Waals surface area (Å²) < 4.78 is 46.6. The third-order valence-electron chi connectivity index (χ3n) is 3.69. The predicted molar refractivity (Wildman–Crippen MR) is 80.4 cm³/mol. The van der Waals surface area contributed by atoms with Gasteiger partial charge in [0.25, 0.3) is 0 Å². The Bertz CT molecular complexity index is 678. The third-order valence-corrected chi connectivity index (χ3v) is 3.69. The second-order valence-corrected chi connectivity index (χ2v) is 5.46. The molecule has 23 heavy (non-hydrogen) atoms. The van der Waals surface area contributed by atoms with Gasteiger partial charge in [0.2, 0.25) is 0 Å². The van der Waals surface area contributed by atoms with Crippen molar-refractivity contribution in [2.75, 3.05) is 6.61 Å². The quantitative estimate of drug-likeness (QED) is 0.772.